The average Bonchev–Trinajstić information content (AvgIpc) is 3.84. The van der Waals surface area contributed by atoms with E-state index in [2.05, 4.69) is 176 Å². The van der Waals surface area contributed by atoms with Crippen molar-refractivity contribution in [2.75, 3.05) is 0 Å². The fourth-order valence-corrected chi connectivity index (χ4v) is 9.75. The van der Waals surface area contributed by atoms with Gasteiger partial charge in [0.15, 0.2) is 0 Å². The van der Waals surface area contributed by atoms with Gasteiger partial charge in [0.2, 0.25) is 0 Å². The lowest BCUT2D eigenvalue weighted by Crippen LogP contribution is -1.91. The number of furan rings is 2. The van der Waals surface area contributed by atoms with Gasteiger partial charge in [0.25, 0.3) is 0 Å². The minimum atomic E-state index is 0.894. The number of para-hydroxylation sites is 1. The van der Waals surface area contributed by atoms with Crippen molar-refractivity contribution >= 4 is 97.7 Å². The number of benzene rings is 11. The maximum absolute atomic E-state index is 6.94. The van der Waals surface area contributed by atoms with E-state index in [0.717, 1.165) is 54.8 Å². The Labute approximate surface area is 320 Å². The Morgan fingerprint density at radius 3 is 1.61 bits per heavy atom. The highest BCUT2D eigenvalue weighted by Crippen LogP contribution is 2.48. The summed E-state index contributed by atoms with van der Waals surface area (Å²) >= 11 is 0. The molecule has 0 spiro atoms. The highest BCUT2D eigenvalue weighted by atomic mass is 16.3. The fourth-order valence-electron chi connectivity index (χ4n) is 9.75. The van der Waals surface area contributed by atoms with Gasteiger partial charge in [-0.15, -0.1) is 0 Å². The third-order valence-corrected chi connectivity index (χ3v) is 12.2. The molecule has 0 aliphatic rings. The predicted octanol–water partition coefficient (Wildman–Crippen LogP) is 15.7. The topological polar surface area (TPSA) is 26.3 Å². The van der Waals surface area contributed by atoms with Crippen LogP contribution in [0.5, 0.6) is 0 Å². The summed E-state index contributed by atoms with van der Waals surface area (Å²) in [5.74, 6) is 0. The Kier molecular flexibility index (Phi) is 5.92. The van der Waals surface area contributed by atoms with Gasteiger partial charge < -0.3 is 8.83 Å². The highest BCUT2D eigenvalue weighted by Gasteiger charge is 2.22. The number of rotatable bonds is 3. The molecule has 11 aromatic carbocycles. The zero-order valence-electron chi connectivity index (χ0n) is 30.1. The van der Waals surface area contributed by atoms with Gasteiger partial charge in [0.1, 0.15) is 22.3 Å². The van der Waals surface area contributed by atoms with Gasteiger partial charge >= 0.3 is 0 Å². The third kappa shape index (κ3) is 4.05. The van der Waals surface area contributed by atoms with Gasteiger partial charge in [-0.3, -0.25) is 0 Å². The third-order valence-electron chi connectivity index (χ3n) is 12.2. The molecule has 2 aromatic heterocycles. The number of hydrogen-bond donors (Lipinski definition) is 0. The van der Waals surface area contributed by atoms with Crippen molar-refractivity contribution in [3.05, 3.63) is 182 Å². The zero-order valence-corrected chi connectivity index (χ0v) is 30.1. The van der Waals surface area contributed by atoms with E-state index >= 15 is 0 Å². The van der Waals surface area contributed by atoms with Crippen LogP contribution < -0.4 is 0 Å². The molecule has 0 bridgehead atoms. The molecular formula is C54H30O2. The lowest BCUT2D eigenvalue weighted by molar-refractivity contribution is 0.669. The Hall–Kier alpha value is -7.42. The minimum absolute atomic E-state index is 0.894. The molecule has 13 aromatic rings. The molecule has 0 atom stereocenters. The first-order valence-electron chi connectivity index (χ1n) is 19.2. The van der Waals surface area contributed by atoms with Crippen molar-refractivity contribution in [1.82, 2.24) is 0 Å². The molecule has 0 fully saturated rings. The van der Waals surface area contributed by atoms with Gasteiger partial charge in [-0.1, -0.05) is 152 Å². The molecule has 2 nitrogen and oxygen atoms in total. The van der Waals surface area contributed by atoms with Crippen LogP contribution in [0.2, 0.25) is 0 Å². The molecule has 0 N–H and O–H groups in total. The molecule has 0 saturated carbocycles. The second kappa shape index (κ2) is 11.1. The summed E-state index contributed by atoms with van der Waals surface area (Å²) in [6.45, 7) is 0. The lowest BCUT2D eigenvalue weighted by atomic mass is 9.85. The van der Waals surface area contributed by atoms with Crippen molar-refractivity contribution in [3.8, 4) is 33.4 Å². The summed E-state index contributed by atoms with van der Waals surface area (Å²) < 4.78 is 13.3. The van der Waals surface area contributed by atoms with Gasteiger partial charge in [-0.25, -0.2) is 0 Å². The van der Waals surface area contributed by atoms with Gasteiger partial charge in [0.05, 0.1) is 0 Å². The standard InChI is InChI=1S/C54H30O2/c1-3-12-36-31(9-1)11-7-15-37(36)35-29-46(53-45-28-19-32-10-2-4-13-38(32)54(45)56-49(53)30-35)40-25-21-34-22-26-42-39(24-20-33-23-27-43(40)51(34)50(33)42)41-16-8-18-48-52(41)44-14-5-6-17-47(44)55-48/h1-30H. The maximum Gasteiger partial charge on any atom is 0.143 e. The van der Waals surface area contributed by atoms with Gasteiger partial charge in [-0.2, -0.15) is 0 Å². The van der Waals surface area contributed by atoms with E-state index in [1.807, 2.05) is 6.07 Å². The van der Waals surface area contributed by atoms with Crippen molar-refractivity contribution in [2.24, 2.45) is 0 Å². The first-order valence-corrected chi connectivity index (χ1v) is 19.2. The maximum atomic E-state index is 6.94. The predicted molar refractivity (Wildman–Crippen MR) is 236 cm³/mol. The van der Waals surface area contributed by atoms with Crippen LogP contribution in [0.1, 0.15) is 0 Å². The molecule has 13 rings (SSSR count). The van der Waals surface area contributed by atoms with Crippen molar-refractivity contribution in [3.63, 3.8) is 0 Å². The van der Waals surface area contributed by atoms with Gasteiger partial charge in [-0.05, 0) is 112 Å². The average molecular weight is 711 g/mol. The molecule has 2 heterocycles. The summed E-state index contributed by atoms with van der Waals surface area (Å²) in [6.07, 6.45) is 0. The van der Waals surface area contributed by atoms with Crippen LogP contribution in [-0.4, -0.2) is 0 Å². The van der Waals surface area contributed by atoms with E-state index in [1.54, 1.807) is 0 Å². The highest BCUT2D eigenvalue weighted by molar-refractivity contribution is 6.30. The van der Waals surface area contributed by atoms with Crippen LogP contribution >= 0.6 is 0 Å². The molecule has 258 valence electrons. The summed E-state index contributed by atoms with van der Waals surface area (Å²) in [5, 5.41) is 16.8. The van der Waals surface area contributed by atoms with Crippen molar-refractivity contribution < 1.29 is 8.83 Å². The molecular weight excluding hydrogens is 681 g/mol. The Bertz CT molecular complexity index is 3760. The molecule has 0 aliphatic heterocycles. The Morgan fingerprint density at radius 2 is 0.804 bits per heavy atom. The monoisotopic (exact) mass is 710 g/mol. The summed E-state index contributed by atoms with van der Waals surface area (Å²) in [7, 11) is 0. The summed E-state index contributed by atoms with van der Waals surface area (Å²) in [6, 6.07) is 66.1. The van der Waals surface area contributed by atoms with Crippen LogP contribution in [0.25, 0.3) is 131 Å². The van der Waals surface area contributed by atoms with Crippen LogP contribution in [-0.2, 0) is 0 Å². The first kappa shape index (κ1) is 30.0. The number of hydrogen-bond acceptors (Lipinski definition) is 2. The summed E-state index contributed by atoms with van der Waals surface area (Å²) in [4.78, 5) is 0. The Balaban J connectivity index is 1.13. The van der Waals surface area contributed by atoms with Crippen LogP contribution in [0, 0.1) is 0 Å². The normalized spacial score (nSPS) is 12.3. The van der Waals surface area contributed by atoms with E-state index in [0.29, 0.717) is 0 Å². The van der Waals surface area contributed by atoms with E-state index in [1.165, 1.54) is 76.3 Å². The van der Waals surface area contributed by atoms with E-state index in [-0.39, 0.29) is 0 Å². The first-order chi connectivity index (χ1) is 27.8. The molecule has 0 unspecified atom stereocenters. The zero-order chi connectivity index (χ0) is 36.5. The quantitative estimate of drug-likeness (QED) is 0.171. The second-order valence-electron chi connectivity index (χ2n) is 15.1. The van der Waals surface area contributed by atoms with Crippen LogP contribution in [0.3, 0.4) is 0 Å². The largest absolute Gasteiger partial charge is 0.456 e. The smallest absolute Gasteiger partial charge is 0.143 e. The SMILES string of the molecule is c1ccc2c(-c3cc(-c4ccc5ccc6c(-c7cccc8oc9ccccc9c78)ccc7ccc4c5c76)c4c(c3)oc3c5ccccc5ccc34)cccc2c1. The van der Waals surface area contributed by atoms with E-state index < -0.39 is 0 Å². The van der Waals surface area contributed by atoms with Crippen LogP contribution in [0.15, 0.2) is 191 Å². The lowest BCUT2D eigenvalue weighted by Gasteiger charge is -2.18. The molecule has 56 heavy (non-hydrogen) atoms. The molecule has 0 saturated heterocycles. The Morgan fingerprint density at radius 1 is 0.250 bits per heavy atom. The molecule has 0 aliphatic carbocycles. The minimum Gasteiger partial charge on any atom is -0.456 e. The summed E-state index contributed by atoms with van der Waals surface area (Å²) in [5.41, 5.74) is 10.7. The van der Waals surface area contributed by atoms with E-state index in [4.69, 9.17) is 8.83 Å². The molecule has 0 radical (unpaired) electrons. The number of fused-ring (bicyclic) bond motifs is 9. The van der Waals surface area contributed by atoms with Crippen molar-refractivity contribution in [2.45, 2.75) is 0 Å². The van der Waals surface area contributed by atoms with Gasteiger partial charge in [0, 0.05) is 26.9 Å². The van der Waals surface area contributed by atoms with Crippen molar-refractivity contribution in [1.29, 1.82) is 0 Å². The second-order valence-corrected chi connectivity index (χ2v) is 15.1. The van der Waals surface area contributed by atoms with Crippen LogP contribution in [0.4, 0.5) is 0 Å². The molecule has 2 heteroatoms. The van der Waals surface area contributed by atoms with E-state index in [9.17, 15) is 0 Å². The molecule has 0 amide bonds. The fraction of sp³-hybridized carbons (Fsp3) is 0.